The molecule has 0 saturated carbocycles. The topological polar surface area (TPSA) is 120 Å². The highest BCUT2D eigenvalue weighted by Gasteiger charge is 2.34. The third kappa shape index (κ3) is 2.95. The van der Waals surface area contributed by atoms with Crippen molar-refractivity contribution in [2.24, 2.45) is 0 Å². The normalized spacial score (nSPS) is 17.0. The molecule has 0 aliphatic carbocycles. The molecule has 24 heavy (non-hydrogen) atoms. The van der Waals surface area contributed by atoms with Gasteiger partial charge in [0.05, 0.1) is 27.7 Å². The summed E-state index contributed by atoms with van der Waals surface area (Å²) in [5.74, 6) is 0.757. The van der Waals surface area contributed by atoms with E-state index in [0.717, 1.165) is 18.2 Å². The van der Waals surface area contributed by atoms with Gasteiger partial charge in [-0.15, -0.1) is 11.8 Å². The highest BCUT2D eigenvalue weighted by molar-refractivity contribution is 7.99. The van der Waals surface area contributed by atoms with Gasteiger partial charge in [0.2, 0.25) is 0 Å². The van der Waals surface area contributed by atoms with Gasteiger partial charge in [-0.2, -0.15) is 0 Å². The van der Waals surface area contributed by atoms with Crippen LogP contribution in [-0.4, -0.2) is 33.0 Å². The van der Waals surface area contributed by atoms with Gasteiger partial charge < -0.3 is 9.32 Å². The Bertz CT molecular complexity index is 775. The van der Waals surface area contributed by atoms with Crippen LogP contribution in [0.4, 0.5) is 11.4 Å². The minimum atomic E-state index is -0.757. The second kappa shape index (κ2) is 6.32. The van der Waals surface area contributed by atoms with E-state index in [1.54, 1.807) is 12.1 Å². The summed E-state index contributed by atoms with van der Waals surface area (Å²) in [6.07, 6.45) is 1.50. The second-order valence-electron chi connectivity index (χ2n) is 4.99. The van der Waals surface area contributed by atoms with Crippen LogP contribution >= 0.6 is 11.8 Å². The first-order valence-electron chi connectivity index (χ1n) is 6.87. The van der Waals surface area contributed by atoms with Gasteiger partial charge in [-0.05, 0) is 12.1 Å². The van der Waals surface area contributed by atoms with E-state index in [2.05, 4.69) is 0 Å². The Morgan fingerprint density at radius 3 is 2.42 bits per heavy atom. The molecular formula is C14H11N3O6S. The molecule has 0 radical (unpaired) electrons. The number of hydrogen-bond donors (Lipinski definition) is 0. The van der Waals surface area contributed by atoms with Crippen LogP contribution in [0.25, 0.3) is 0 Å². The van der Waals surface area contributed by atoms with Crippen LogP contribution in [-0.2, 0) is 0 Å². The van der Waals surface area contributed by atoms with Crippen molar-refractivity contribution in [1.29, 1.82) is 0 Å². The van der Waals surface area contributed by atoms with Gasteiger partial charge in [-0.25, -0.2) is 0 Å². The highest BCUT2D eigenvalue weighted by atomic mass is 32.2. The summed E-state index contributed by atoms with van der Waals surface area (Å²) in [5.41, 5.74) is -1.07. The minimum Gasteiger partial charge on any atom is -0.466 e. The lowest BCUT2D eigenvalue weighted by Crippen LogP contribution is -2.30. The number of nitro groups is 2. The Morgan fingerprint density at radius 2 is 1.88 bits per heavy atom. The van der Waals surface area contributed by atoms with Crippen LogP contribution in [0.3, 0.4) is 0 Å². The van der Waals surface area contributed by atoms with Crippen molar-refractivity contribution in [3.63, 3.8) is 0 Å². The molecule has 1 amide bonds. The largest absolute Gasteiger partial charge is 0.466 e. The fraction of sp³-hybridized carbons (Fsp3) is 0.214. The van der Waals surface area contributed by atoms with Crippen molar-refractivity contribution in [2.75, 3.05) is 12.3 Å². The van der Waals surface area contributed by atoms with Gasteiger partial charge in [0.25, 0.3) is 17.3 Å². The van der Waals surface area contributed by atoms with Crippen LogP contribution in [0.15, 0.2) is 41.0 Å². The van der Waals surface area contributed by atoms with Crippen LogP contribution in [0.5, 0.6) is 0 Å². The van der Waals surface area contributed by atoms with Crippen LogP contribution < -0.4 is 0 Å². The van der Waals surface area contributed by atoms with Crippen LogP contribution in [0.1, 0.15) is 21.5 Å². The summed E-state index contributed by atoms with van der Waals surface area (Å²) >= 11 is 1.50. The van der Waals surface area contributed by atoms with Gasteiger partial charge >= 0.3 is 0 Å². The van der Waals surface area contributed by atoms with E-state index in [4.69, 9.17) is 4.42 Å². The van der Waals surface area contributed by atoms with Gasteiger partial charge in [-0.1, -0.05) is 0 Å². The number of nitro benzene ring substituents is 2. The lowest BCUT2D eigenvalue weighted by Gasteiger charge is -2.22. The lowest BCUT2D eigenvalue weighted by atomic mass is 10.1. The third-order valence-electron chi connectivity index (χ3n) is 3.51. The monoisotopic (exact) mass is 349 g/mol. The second-order valence-corrected chi connectivity index (χ2v) is 6.18. The number of hydrogen-bond acceptors (Lipinski definition) is 7. The number of amides is 1. The van der Waals surface area contributed by atoms with Crippen LogP contribution in [0, 0.1) is 20.2 Å². The fourth-order valence-corrected chi connectivity index (χ4v) is 3.65. The minimum absolute atomic E-state index is 0.0880. The molecule has 0 bridgehead atoms. The first-order chi connectivity index (χ1) is 11.5. The maximum atomic E-state index is 12.7. The summed E-state index contributed by atoms with van der Waals surface area (Å²) in [7, 11) is 0. The molecule has 0 unspecified atom stereocenters. The van der Waals surface area contributed by atoms with E-state index in [0.29, 0.717) is 18.1 Å². The van der Waals surface area contributed by atoms with E-state index >= 15 is 0 Å². The van der Waals surface area contributed by atoms with E-state index in [9.17, 15) is 25.0 Å². The lowest BCUT2D eigenvalue weighted by molar-refractivity contribution is -0.394. The number of benzene rings is 1. The van der Waals surface area contributed by atoms with Gasteiger partial charge in [0, 0.05) is 24.4 Å². The number of furan rings is 1. The molecule has 2 aromatic rings. The van der Waals surface area contributed by atoms with Gasteiger partial charge in [-0.3, -0.25) is 25.0 Å². The van der Waals surface area contributed by atoms with Crippen molar-refractivity contribution in [3.8, 4) is 0 Å². The van der Waals surface area contributed by atoms with E-state index < -0.39 is 27.1 Å². The number of thioether (sulfide) groups is 1. The molecule has 1 aromatic heterocycles. The molecule has 1 aliphatic heterocycles. The molecule has 1 atom stereocenters. The fourth-order valence-electron chi connectivity index (χ4n) is 2.44. The predicted molar refractivity (Wildman–Crippen MR) is 84.7 cm³/mol. The van der Waals surface area contributed by atoms with Crippen molar-refractivity contribution in [1.82, 2.24) is 4.90 Å². The molecule has 9 nitrogen and oxygen atoms in total. The summed E-state index contributed by atoms with van der Waals surface area (Å²) < 4.78 is 5.33. The Kier molecular flexibility index (Phi) is 4.21. The predicted octanol–water partition coefficient (Wildman–Crippen LogP) is 2.98. The average Bonchev–Trinajstić information content (AvgIpc) is 3.24. The first-order valence-corrected chi connectivity index (χ1v) is 7.92. The zero-order chi connectivity index (χ0) is 17.3. The van der Waals surface area contributed by atoms with E-state index in [-0.39, 0.29) is 10.9 Å². The number of nitrogens with zero attached hydrogens (tertiary/aromatic N) is 3. The number of non-ortho nitro benzene ring substituents is 2. The number of carbonyl (C=O) groups excluding carboxylic acids is 1. The molecule has 1 fully saturated rings. The zero-order valence-corrected chi connectivity index (χ0v) is 13.0. The summed E-state index contributed by atoms with van der Waals surface area (Å²) in [6.45, 7) is 0.422. The molecule has 10 heteroatoms. The van der Waals surface area contributed by atoms with E-state index in [1.807, 2.05) is 0 Å². The maximum absolute atomic E-state index is 12.7. The average molecular weight is 349 g/mol. The van der Waals surface area contributed by atoms with Crippen molar-refractivity contribution >= 4 is 29.0 Å². The number of carbonyl (C=O) groups is 1. The van der Waals surface area contributed by atoms with E-state index in [1.165, 1.54) is 22.9 Å². The van der Waals surface area contributed by atoms with Crippen molar-refractivity contribution in [3.05, 3.63) is 68.1 Å². The zero-order valence-electron chi connectivity index (χ0n) is 12.2. The molecule has 1 aliphatic rings. The molecule has 1 saturated heterocycles. The van der Waals surface area contributed by atoms with Gasteiger partial charge in [0.1, 0.15) is 11.1 Å². The molecule has 124 valence electrons. The highest BCUT2D eigenvalue weighted by Crippen LogP contribution is 2.39. The smallest absolute Gasteiger partial charge is 0.277 e. The summed E-state index contributed by atoms with van der Waals surface area (Å²) in [5, 5.41) is 21.6. The molecular weight excluding hydrogens is 338 g/mol. The Balaban J connectivity index is 1.97. The van der Waals surface area contributed by atoms with Crippen molar-refractivity contribution < 1.29 is 19.1 Å². The Hall–Kier alpha value is -2.88. The van der Waals surface area contributed by atoms with Gasteiger partial charge in [0.15, 0.2) is 0 Å². The quantitative estimate of drug-likeness (QED) is 0.614. The summed E-state index contributed by atoms with van der Waals surface area (Å²) in [6, 6.07) is 6.38. The Labute approximate surface area is 139 Å². The van der Waals surface area contributed by atoms with Crippen molar-refractivity contribution in [2.45, 2.75) is 5.37 Å². The third-order valence-corrected chi connectivity index (χ3v) is 4.73. The first kappa shape index (κ1) is 16.0. The molecule has 0 N–H and O–H groups in total. The molecule has 0 spiro atoms. The number of rotatable bonds is 4. The summed E-state index contributed by atoms with van der Waals surface area (Å²) in [4.78, 5) is 34.6. The molecule has 1 aromatic carbocycles. The molecule has 3 rings (SSSR count). The maximum Gasteiger partial charge on any atom is 0.277 e. The standard InChI is InChI=1S/C14H11N3O6S/c18-13(15-3-5-24-14(15)12-2-1-4-23-12)9-6-10(16(19)20)8-11(7-9)17(21)22/h1-2,4,6-8,14H,3,5H2/t14-/m1/s1. The SMILES string of the molecule is O=C(c1cc([N+](=O)[O-])cc([N+](=O)[O-])c1)N1CCS[C@@H]1c1ccco1. The van der Waals surface area contributed by atoms with Crippen LogP contribution in [0.2, 0.25) is 0 Å². The molecule has 2 heterocycles. The Morgan fingerprint density at radius 1 is 1.21 bits per heavy atom.